The maximum Gasteiger partial charge on any atom is 0.335 e. The summed E-state index contributed by atoms with van der Waals surface area (Å²) in [5, 5.41) is 18.2. The second-order valence-corrected chi connectivity index (χ2v) is 13.2. The molecule has 3 aromatic carbocycles. The zero-order chi connectivity index (χ0) is 36.6. The van der Waals surface area contributed by atoms with E-state index in [0.29, 0.717) is 17.4 Å². The Morgan fingerprint density at radius 1 is 0.686 bits per heavy atom. The molecular weight excluding hydrogens is 644 g/mol. The van der Waals surface area contributed by atoms with E-state index in [2.05, 4.69) is 69.5 Å². The Kier molecular flexibility index (Phi) is 15.8. The Bertz CT molecular complexity index is 1550. The second kappa shape index (κ2) is 20.4. The minimum absolute atomic E-state index is 0.0298. The summed E-state index contributed by atoms with van der Waals surface area (Å²) in [5.41, 5.74) is 6.80. The Morgan fingerprint density at radius 3 is 1.78 bits per heavy atom. The molecule has 0 amide bonds. The van der Waals surface area contributed by atoms with Crippen molar-refractivity contribution in [1.82, 2.24) is 0 Å². The maximum atomic E-state index is 11.9. The van der Waals surface area contributed by atoms with Gasteiger partial charge < -0.3 is 29.2 Å². The number of benzene rings is 3. The molecule has 1 aliphatic carbocycles. The topological polar surface area (TPSA) is 112 Å². The minimum atomic E-state index is -0.681. The highest BCUT2D eigenvalue weighted by molar-refractivity contribution is 5.88. The number of aliphatic hydroxyl groups is 2. The number of rotatable bonds is 20. The normalized spacial score (nSPS) is 15.5. The van der Waals surface area contributed by atoms with Gasteiger partial charge in [0.1, 0.15) is 37.9 Å². The number of ether oxygens (including phenoxy) is 4. The monoisotopic (exact) mass is 698 g/mol. The second-order valence-electron chi connectivity index (χ2n) is 13.2. The molecule has 51 heavy (non-hydrogen) atoms. The van der Waals surface area contributed by atoms with Gasteiger partial charge in [0.2, 0.25) is 0 Å². The molecule has 0 atom stereocenters. The number of carbonyl (C=O) groups is 2. The number of esters is 2. The highest BCUT2D eigenvalue weighted by Gasteiger charge is 2.22. The highest BCUT2D eigenvalue weighted by Crippen LogP contribution is 2.39. The molecule has 0 spiro atoms. The molecule has 0 aromatic heterocycles. The molecule has 8 heteroatoms. The molecule has 0 aliphatic heterocycles. The van der Waals surface area contributed by atoms with Crippen LogP contribution < -0.4 is 9.47 Å². The van der Waals surface area contributed by atoms with E-state index in [1.54, 1.807) is 6.07 Å². The number of carbonyl (C=O) groups excluding carboxylic acids is 2. The molecule has 0 bridgehead atoms. The van der Waals surface area contributed by atoms with Crippen molar-refractivity contribution in [2.75, 3.05) is 39.6 Å². The third-order valence-electron chi connectivity index (χ3n) is 9.58. The lowest BCUT2D eigenvalue weighted by atomic mass is 9.77. The zero-order valence-electron chi connectivity index (χ0n) is 30.3. The number of hydrogen-bond donors (Lipinski definition) is 2. The first-order valence-electron chi connectivity index (χ1n) is 18.3. The highest BCUT2D eigenvalue weighted by atomic mass is 16.6. The summed E-state index contributed by atoms with van der Waals surface area (Å²) >= 11 is 0. The Labute approximate surface area is 303 Å². The summed E-state index contributed by atoms with van der Waals surface area (Å²) < 4.78 is 22.1. The van der Waals surface area contributed by atoms with E-state index in [9.17, 15) is 9.59 Å². The Balaban J connectivity index is 1.47. The molecule has 0 heterocycles. The fraction of sp³-hybridized carbons (Fsp3) is 0.442. The average Bonchev–Trinajstić information content (AvgIpc) is 3.17. The number of unbranched alkanes of at least 4 members (excludes halogenated alkanes) is 2. The van der Waals surface area contributed by atoms with Gasteiger partial charge in [-0.25, -0.2) is 9.59 Å². The van der Waals surface area contributed by atoms with Crippen LogP contribution in [0, 0.1) is 5.92 Å². The van der Waals surface area contributed by atoms with Crippen LogP contribution in [0.5, 0.6) is 11.5 Å². The molecule has 0 unspecified atom stereocenters. The van der Waals surface area contributed by atoms with Gasteiger partial charge in [-0.2, -0.15) is 0 Å². The summed E-state index contributed by atoms with van der Waals surface area (Å²) in [7, 11) is 0. The van der Waals surface area contributed by atoms with Crippen LogP contribution in [0.15, 0.2) is 85.0 Å². The average molecular weight is 699 g/mol. The van der Waals surface area contributed by atoms with Crippen molar-refractivity contribution in [3.05, 3.63) is 96.1 Å². The first kappa shape index (κ1) is 39.4. The molecular formula is C43H54O8. The molecule has 0 radical (unpaired) electrons. The lowest BCUT2D eigenvalue weighted by Crippen LogP contribution is -2.15. The van der Waals surface area contributed by atoms with Gasteiger partial charge in [0, 0.05) is 6.07 Å². The van der Waals surface area contributed by atoms with Crippen LogP contribution >= 0.6 is 0 Å². The molecule has 1 saturated carbocycles. The predicted octanol–water partition coefficient (Wildman–Crippen LogP) is 8.38. The fourth-order valence-corrected chi connectivity index (χ4v) is 6.58. The molecule has 274 valence electrons. The van der Waals surface area contributed by atoms with E-state index in [1.165, 1.54) is 62.5 Å². The lowest BCUT2D eigenvalue weighted by molar-refractivity contribution is -0.141. The van der Waals surface area contributed by atoms with E-state index in [-0.39, 0.29) is 37.6 Å². The van der Waals surface area contributed by atoms with Gasteiger partial charge in [0.25, 0.3) is 0 Å². The molecule has 1 aliphatic rings. The van der Waals surface area contributed by atoms with Gasteiger partial charge >= 0.3 is 11.9 Å². The molecule has 3 aromatic rings. The van der Waals surface area contributed by atoms with Crippen LogP contribution in [-0.4, -0.2) is 61.8 Å². The summed E-state index contributed by atoms with van der Waals surface area (Å²) in [6, 6.07) is 21.2. The minimum Gasteiger partial charge on any atom is -0.490 e. The van der Waals surface area contributed by atoms with E-state index in [0.717, 1.165) is 34.6 Å². The van der Waals surface area contributed by atoms with Gasteiger partial charge in [-0.3, -0.25) is 0 Å². The quantitative estimate of drug-likeness (QED) is 0.0688. The van der Waals surface area contributed by atoms with E-state index in [1.807, 2.05) is 12.1 Å². The van der Waals surface area contributed by atoms with Crippen LogP contribution in [0.2, 0.25) is 0 Å². The summed E-state index contributed by atoms with van der Waals surface area (Å²) in [4.78, 5) is 23.7. The fourth-order valence-electron chi connectivity index (χ4n) is 6.58. The van der Waals surface area contributed by atoms with Crippen molar-refractivity contribution in [3.8, 4) is 33.8 Å². The van der Waals surface area contributed by atoms with E-state index >= 15 is 0 Å². The Hall–Kier alpha value is -4.40. The number of aryl methyl sites for hydroxylation is 1. The van der Waals surface area contributed by atoms with Gasteiger partial charge in [-0.05, 0) is 89.5 Å². The van der Waals surface area contributed by atoms with Crippen LogP contribution in [0.1, 0.15) is 82.3 Å². The van der Waals surface area contributed by atoms with Crippen LogP contribution in [0.4, 0.5) is 0 Å². The van der Waals surface area contributed by atoms with E-state index < -0.39 is 25.2 Å². The predicted molar refractivity (Wildman–Crippen MR) is 201 cm³/mol. The molecule has 8 nitrogen and oxygen atoms in total. The van der Waals surface area contributed by atoms with Gasteiger partial charge in [0.05, 0.1) is 24.4 Å². The summed E-state index contributed by atoms with van der Waals surface area (Å²) in [5.74, 6) is 1.20. The molecule has 0 saturated heterocycles. The molecule has 1 fully saturated rings. The smallest absolute Gasteiger partial charge is 0.335 e. The van der Waals surface area contributed by atoms with Crippen LogP contribution in [0.25, 0.3) is 22.3 Å². The van der Waals surface area contributed by atoms with Gasteiger partial charge in [0.15, 0.2) is 0 Å². The summed E-state index contributed by atoms with van der Waals surface area (Å²) in [6.45, 7) is 10.5. The third kappa shape index (κ3) is 11.8. The van der Waals surface area contributed by atoms with Crippen molar-refractivity contribution in [2.45, 2.75) is 77.6 Å². The third-order valence-corrected chi connectivity index (χ3v) is 9.58. The van der Waals surface area contributed by atoms with Crippen LogP contribution in [0.3, 0.4) is 0 Å². The van der Waals surface area contributed by atoms with Crippen molar-refractivity contribution in [1.29, 1.82) is 0 Å². The van der Waals surface area contributed by atoms with Gasteiger partial charge in [-0.15, -0.1) is 0 Å². The first-order chi connectivity index (χ1) is 24.8. The van der Waals surface area contributed by atoms with E-state index in [4.69, 9.17) is 29.2 Å². The van der Waals surface area contributed by atoms with Crippen molar-refractivity contribution >= 4 is 11.9 Å². The lowest BCUT2D eigenvalue weighted by Gasteiger charge is -2.29. The van der Waals surface area contributed by atoms with Crippen LogP contribution in [-0.2, 0) is 25.5 Å². The maximum absolute atomic E-state index is 11.9. The largest absolute Gasteiger partial charge is 0.490 e. The van der Waals surface area contributed by atoms with Crippen molar-refractivity contribution < 1.29 is 38.7 Å². The zero-order valence-corrected chi connectivity index (χ0v) is 30.3. The summed E-state index contributed by atoms with van der Waals surface area (Å²) in [6.07, 6.45) is 11.5. The Morgan fingerprint density at radius 2 is 1.25 bits per heavy atom. The molecule has 4 rings (SSSR count). The standard InChI is InChI=1S/C43H54O8/c1-5-7-8-9-32-10-12-34(13-11-32)35-14-16-36(17-15-35)37-18-19-41(33(6-2)24-37)38-25-39(48-20-22-50-42(46)30(3)28-44)27-40(26-38)49-21-23-51-43(47)31(4)29-45/h14-19,24-27,32,34,44-45H,3-13,20-23,28-29H2,1-2H3. The van der Waals surface area contributed by atoms with Crippen molar-refractivity contribution in [2.24, 2.45) is 5.92 Å². The molecule has 2 N–H and O–H groups in total. The SMILES string of the molecule is C=C(CO)C(=O)OCCOc1cc(OCCOC(=O)C(=C)CO)cc(-c2ccc(-c3ccc(C4CCC(CCCCC)CC4)cc3)cc2CC)c1. The number of hydrogen-bond acceptors (Lipinski definition) is 8. The first-order valence-corrected chi connectivity index (χ1v) is 18.3. The van der Waals surface area contributed by atoms with Gasteiger partial charge in [-0.1, -0.05) is 95.2 Å². The number of aliphatic hydroxyl groups excluding tert-OH is 2. The van der Waals surface area contributed by atoms with Crippen molar-refractivity contribution in [3.63, 3.8) is 0 Å².